The van der Waals surface area contributed by atoms with Gasteiger partial charge >= 0.3 is 0 Å². The summed E-state index contributed by atoms with van der Waals surface area (Å²) in [7, 11) is 0. The number of rotatable bonds is 18. The Bertz CT molecular complexity index is 797. The van der Waals surface area contributed by atoms with Crippen LogP contribution in [0.15, 0.2) is 12.7 Å². The normalized spacial score (nSPS) is 33.6. The van der Waals surface area contributed by atoms with Gasteiger partial charge in [-0.25, -0.2) is 0 Å². The van der Waals surface area contributed by atoms with Crippen LogP contribution >= 0.6 is 0 Å². The third-order valence-electron chi connectivity index (χ3n) is 9.07. The van der Waals surface area contributed by atoms with Crippen molar-refractivity contribution in [1.82, 2.24) is 0 Å². The second kappa shape index (κ2) is 15.2. The molecule has 0 aromatic rings. The van der Waals surface area contributed by atoms with E-state index >= 15 is 0 Å². The second-order valence-corrected chi connectivity index (χ2v) is 13.1. The Morgan fingerprint density at radius 1 is 0.923 bits per heavy atom. The summed E-state index contributed by atoms with van der Waals surface area (Å²) in [6, 6.07) is 0. The Morgan fingerprint density at radius 2 is 1.62 bits per heavy atom. The molecule has 0 amide bonds. The lowest BCUT2D eigenvalue weighted by atomic mass is 9.92. The van der Waals surface area contributed by atoms with Gasteiger partial charge in [-0.2, -0.15) is 0 Å². The quantitative estimate of drug-likeness (QED) is 0.179. The standard InChI is InChI=1S/C32H54O7/c1-7-20(4)8-12-26-13-15-28(37-26)21(5)16-23(33)9-10-24(34)18-25(35)11-14-27(36)31-22(6)17-29(38-31)32-30(39-32)19(2)3/h7,19-22,25-32,35-36H,1,8-18H2,2-6H3/t20?,21-,22-,25?,26+,27-,28+,29-,30+,31-,32+/m1/s1. The summed E-state index contributed by atoms with van der Waals surface area (Å²) in [6.07, 6.45) is 7.46. The molecular formula is C32H54O7. The van der Waals surface area contributed by atoms with E-state index < -0.39 is 12.2 Å². The highest BCUT2D eigenvalue weighted by Crippen LogP contribution is 2.41. The van der Waals surface area contributed by atoms with E-state index in [1.807, 2.05) is 6.08 Å². The number of ether oxygens (including phenoxy) is 3. The number of hydrogen-bond acceptors (Lipinski definition) is 7. The third kappa shape index (κ3) is 10.0. The monoisotopic (exact) mass is 550 g/mol. The Labute approximate surface area is 236 Å². The van der Waals surface area contributed by atoms with Crippen molar-refractivity contribution < 1.29 is 34.0 Å². The molecule has 3 saturated heterocycles. The molecule has 3 fully saturated rings. The lowest BCUT2D eigenvalue weighted by molar-refractivity contribution is -0.126. The highest BCUT2D eigenvalue weighted by Gasteiger charge is 2.52. The van der Waals surface area contributed by atoms with Crippen LogP contribution in [0.5, 0.6) is 0 Å². The van der Waals surface area contributed by atoms with Gasteiger partial charge < -0.3 is 24.4 Å². The minimum atomic E-state index is -0.821. The highest BCUT2D eigenvalue weighted by atomic mass is 16.6. The van der Waals surface area contributed by atoms with Gasteiger partial charge in [0.2, 0.25) is 0 Å². The predicted molar refractivity (Wildman–Crippen MR) is 151 cm³/mol. The average Bonchev–Trinajstić information content (AvgIpc) is 3.39. The zero-order valence-electron chi connectivity index (χ0n) is 24.9. The molecule has 2 N–H and O–H groups in total. The first-order valence-electron chi connectivity index (χ1n) is 15.5. The Morgan fingerprint density at radius 3 is 2.26 bits per heavy atom. The van der Waals surface area contributed by atoms with Gasteiger partial charge in [0.15, 0.2) is 0 Å². The molecule has 0 saturated carbocycles. The van der Waals surface area contributed by atoms with E-state index in [0.717, 1.165) is 32.1 Å². The Hall–Kier alpha value is -1.12. The maximum atomic E-state index is 12.5. The lowest BCUT2D eigenvalue weighted by Gasteiger charge is -2.23. The van der Waals surface area contributed by atoms with Crippen LogP contribution in [0.4, 0.5) is 0 Å². The summed E-state index contributed by atoms with van der Waals surface area (Å²) in [4.78, 5) is 24.9. The molecule has 3 rings (SSSR count). The van der Waals surface area contributed by atoms with Gasteiger partial charge in [-0.05, 0) is 68.6 Å². The zero-order chi connectivity index (χ0) is 28.7. The van der Waals surface area contributed by atoms with Gasteiger partial charge in [0.05, 0.1) is 42.7 Å². The fourth-order valence-electron chi connectivity index (χ4n) is 6.34. The molecule has 7 nitrogen and oxygen atoms in total. The number of epoxide rings is 1. The first kappa shape index (κ1) is 32.4. The van der Waals surface area contributed by atoms with Crippen LogP contribution in [0.3, 0.4) is 0 Å². The summed E-state index contributed by atoms with van der Waals surface area (Å²) in [6.45, 7) is 14.4. The fraction of sp³-hybridized carbons (Fsp3) is 0.875. The molecular weight excluding hydrogens is 496 g/mol. The van der Waals surface area contributed by atoms with Crippen molar-refractivity contribution in [2.24, 2.45) is 23.7 Å². The molecule has 0 bridgehead atoms. The van der Waals surface area contributed by atoms with Crippen LogP contribution < -0.4 is 0 Å². The van der Waals surface area contributed by atoms with Crippen molar-refractivity contribution in [3.63, 3.8) is 0 Å². The fourth-order valence-corrected chi connectivity index (χ4v) is 6.34. The van der Waals surface area contributed by atoms with Crippen molar-refractivity contribution in [3.8, 4) is 0 Å². The van der Waals surface area contributed by atoms with Crippen molar-refractivity contribution in [3.05, 3.63) is 12.7 Å². The van der Waals surface area contributed by atoms with Gasteiger partial charge in [-0.15, -0.1) is 6.58 Å². The number of Topliss-reactive ketones (excluding diaryl/α,β-unsaturated/α-hetero) is 2. The Balaban J connectivity index is 1.27. The van der Waals surface area contributed by atoms with Crippen LogP contribution in [0.25, 0.3) is 0 Å². The topological polar surface area (TPSA) is 106 Å². The van der Waals surface area contributed by atoms with E-state index in [2.05, 4.69) is 41.2 Å². The number of carbonyl (C=O) groups excluding carboxylic acids is 2. The van der Waals surface area contributed by atoms with Crippen LogP contribution in [0, 0.1) is 23.7 Å². The highest BCUT2D eigenvalue weighted by molar-refractivity contribution is 5.86. The number of carbonyl (C=O) groups is 2. The van der Waals surface area contributed by atoms with Crippen molar-refractivity contribution in [1.29, 1.82) is 0 Å². The zero-order valence-corrected chi connectivity index (χ0v) is 24.9. The van der Waals surface area contributed by atoms with Gasteiger partial charge in [-0.3, -0.25) is 9.59 Å². The Kier molecular flexibility index (Phi) is 12.6. The summed E-state index contributed by atoms with van der Waals surface area (Å²) < 4.78 is 18.1. The summed E-state index contributed by atoms with van der Waals surface area (Å²) in [5.74, 6) is 1.28. The molecule has 3 aliphatic heterocycles. The molecule has 2 unspecified atom stereocenters. The molecule has 0 aliphatic carbocycles. The third-order valence-corrected chi connectivity index (χ3v) is 9.07. The molecule has 3 heterocycles. The molecule has 0 spiro atoms. The van der Waals surface area contributed by atoms with Crippen molar-refractivity contribution >= 4 is 11.6 Å². The maximum Gasteiger partial charge on any atom is 0.135 e. The van der Waals surface area contributed by atoms with Crippen LogP contribution in [-0.4, -0.2) is 70.6 Å². The minimum absolute atomic E-state index is 0.0157. The molecule has 3 aliphatic rings. The van der Waals surface area contributed by atoms with Crippen LogP contribution in [0.2, 0.25) is 0 Å². The number of allylic oxidation sites excluding steroid dienone is 1. The molecule has 0 aromatic carbocycles. The summed E-state index contributed by atoms with van der Waals surface area (Å²) in [5.41, 5.74) is 0. The van der Waals surface area contributed by atoms with Gasteiger partial charge in [0.1, 0.15) is 17.7 Å². The molecule has 39 heavy (non-hydrogen) atoms. The van der Waals surface area contributed by atoms with Crippen molar-refractivity contribution in [2.75, 3.05) is 0 Å². The van der Waals surface area contributed by atoms with Gasteiger partial charge in [0, 0.05) is 25.7 Å². The largest absolute Gasteiger partial charge is 0.393 e. The number of aliphatic hydroxyl groups is 2. The van der Waals surface area contributed by atoms with E-state index in [0.29, 0.717) is 31.1 Å². The van der Waals surface area contributed by atoms with E-state index in [4.69, 9.17) is 14.2 Å². The van der Waals surface area contributed by atoms with Crippen molar-refractivity contribution in [2.45, 2.75) is 154 Å². The van der Waals surface area contributed by atoms with E-state index in [1.165, 1.54) is 0 Å². The number of aliphatic hydroxyl groups excluding tert-OH is 2. The molecule has 11 atom stereocenters. The smallest absolute Gasteiger partial charge is 0.135 e. The molecule has 7 heteroatoms. The maximum absolute atomic E-state index is 12.5. The SMILES string of the molecule is C=CC(C)CC[C@H]1CC[C@@H]([C@H](C)CC(=O)CCC(=O)CC(O)CC[C@@H](O)[C@@H]2O[C@@H]([C@@H]3O[C@H]3C(C)C)C[C@H]2C)O1. The predicted octanol–water partition coefficient (Wildman–Crippen LogP) is 5.19. The molecule has 0 radical (unpaired) electrons. The first-order chi connectivity index (χ1) is 18.5. The van der Waals surface area contributed by atoms with E-state index in [-0.39, 0.29) is 79.3 Å². The van der Waals surface area contributed by atoms with Crippen LogP contribution in [0.1, 0.15) is 105 Å². The first-order valence-corrected chi connectivity index (χ1v) is 15.5. The van der Waals surface area contributed by atoms with E-state index in [9.17, 15) is 19.8 Å². The molecule has 224 valence electrons. The van der Waals surface area contributed by atoms with E-state index in [1.54, 1.807) is 0 Å². The van der Waals surface area contributed by atoms with Gasteiger partial charge in [-0.1, -0.05) is 40.7 Å². The second-order valence-electron chi connectivity index (χ2n) is 13.1. The number of hydrogen-bond donors (Lipinski definition) is 2. The minimum Gasteiger partial charge on any atom is -0.393 e. The number of ketones is 2. The average molecular weight is 551 g/mol. The summed E-state index contributed by atoms with van der Waals surface area (Å²) in [5, 5.41) is 21.1. The van der Waals surface area contributed by atoms with Gasteiger partial charge in [0.25, 0.3) is 0 Å². The van der Waals surface area contributed by atoms with Crippen LogP contribution in [-0.2, 0) is 23.8 Å². The lowest BCUT2D eigenvalue weighted by Crippen LogP contribution is -2.32. The molecule has 0 aromatic heterocycles. The summed E-state index contributed by atoms with van der Waals surface area (Å²) >= 11 is 0.